The fourth-order valence-electron chi connectivity index (χ4n) is 1.14. The van der Waals surface area contributed by atoms with Crippen LogP contribution >= 0.6 is 0 Å². The molecule has 2 N–H and O–H groups in total. The van der Waals surface area contributed by atoms with Crippen LogP contribution in [0, 0.1) is 0 Å². The summed E-state index contributed by atoms with van der Waals surface area (Å²) in [6, 6.07) is 4.18. The average molecular weight is 221 g/mol. The maximum atomic E-state index is 10.3. The van der Waals surface area contributed by atoms with E-state index in [0.29, 0.717) is 16.8 Å². The molecule has 1 aromatic carbocycles. The SMILES string of the molecule is O=C(O)COc1ccc2nc(O)nnc2c1. The third-order valence-corrected chi connectivity index (χ3v) is 1.78. The molecule has 0 aliphatic carbocycles. The topological polar surface area (TPSA) is 105 Å². The number of aromatic hydroxyl groups is 1. The lowest BCUT2D eigenvalue weighted by atomic mass is 10.3. The summed E-state index contributed by atoms with van der Waals surface area (Å²) >= 11 is 0. The summed E-state index contributed by atoms with van der Waals surface area (Å²) in [5, 5.41) is 24.5. The van der Waals surface area contributed by atoms with Crippen molar-refractivity contribution >= 4 is 17.0 Å². The summed E-state index contributed by atoms with van der Waals surface area (Å²) < 4.78 is 4.95. The van der Waals surface area contributed by atoms with Gasteiger partial charge in [0.15, 0.2) is 6.61 Å². The number of aliphatic carboxylic acids is 1. The summed E-state index contributed by atoms with van der Waals surface area (Å²) in [5.74, 6) is -0.702. The number of hydrogen-bond acceptors (Lipinski definition) is 6. The van der Waals surface area contributed by atoms with E-state index in [1.165, 1.54) is 6.07 Å². The zero-order chi connectivity index (χ0) is 11.5. The van der Waals surface area contributed by atoms with Crippen LogP contribution in [-0.2, 0) is 4.79 Å². The number of carboxylic acids is 1. The molecule has 0 saturated carbocycles. The molecule has 0 aliphatic heterocycles. The standard InChI is InChI=1S/C9H7N3O4/c13-8(14)4-16-5-1-2-6-7(3-5)11-12-9(15)10-6/h1-3H,4H2,(H,13,14)(H,10,12,15). The van der Waals surface area contributed by atoms with Crippen LogP contribution in [0.4, 0.5) is 0 Å². The minimum Gasteiger partial charge on any atom is -0.482 e. The normalized spacial score (nSPS) is 10.2. The van der Waals surface area contributed by atoms with E-state index in [0.717, 1.165) is 0 Å². The van der Waals surface area contributed by atoms with Crippen molar-refractivity contribution in [2.75, 3.05) is 6.61 Å². The van der Waals surface area contributed by atoms with Gasteiger partial charge in [-0.2, -0.15) is 4.98 Å². The highest BCUT2D eigenvalue weighted by Crippen LogP contribution is 2.18. The van der Waals surface area contributed by atoms with Crippen molar-refractivity contribution in [1.29, 1.82) is 0 Å². The number of carbonyl (C=O) groups is 1. The first-order chi connectivity index (χ1) is 7.65. The molecule has 0 atom stereocenters. The van der Waals surface area contributed by atoms with Gasteiger partial charge in [0, 0.05) is 6.07 Å². The molecule has 82 valence electrons. The zero-order valence-electron chi connectivity index (χ0n) is 7.99. The van der Waals surface area contributed by atoms with E-state index in [1.807, 2.05) is 0 Å². The molecule has 7 nitrogen and oxygen atoms in total. The van der Waals surface area contributed by atoms with Crippen LogP contribution in [0.3, 0.4) is 0 Å². The molecule has 0 bridgehead atoms. The van der Waals surface area contributed by atoms with E-state index >= 15 is 0 Å². The van der Waals surface area contributed by atoms with Crippen LogP contribution < -0.4 is 4.74 Å². The van der Waals surface area contributed by atoms with Crippen molar-refractivity contribution in [2.45, 2.75) is 0 Å². The summed E-state index contributed by atoms with van der Waals surface area (Å²) in [5.41, 5.74) is 0.871. The van der Waals surface area contributed by atoms with Crippen LogP contribution in [0.1, 0.15) is 0 Å². The third-order valence-electron chi connectivity index (χ3n) is 1.78. The number of ether oxygens (including phenoxy) is 1. The van der Waals surface area contributed by atoms with Gasteiger partial charge in [-0.3, -0.25) is 0 Å². The first kappa shape index (κ1) is 10.1. The highest BCUT2D eigenvalue weighted by atomic mass is 16.5. The second kappa shape index (κ2) is 3.97. The van der Waals surface area contributed by atoms with Gasteiger partial charge in [-0.15, -0.1) is 5.10 Å². The maximum Gasteiger partial charge on any atom is 0.341 e. The predicted octanol–water partition coefficient (Wildman–Crippen LogP) is 0.194. The zero-order valence-corrected chi connectivity index (χ0v) is 7.99. The minimum absolute atomic E-state index is 0.358. The maximum absolute atomic E-state index is 10.3. The number of carboxylic acid groups (broad SMARTS) is 1. The molecule has 0 spiro atoms. The van der Waals surface area contributed by atoms with E-state index in [4.69, 9.17) is 14.9 Å². The number of benzene rings is 1. The highest BCUT2D eigenvalue weighted by Gasteiger charge is 2.03. The largest absolute Gasteiger partial charge is 0.482 e. The number of aromatic nitrogens is 3. The Morgan fingerprint density at radius 1 is 1.31 bits per heavy atom. The molecule has 0 unspecified atom stereocenters. The van der Waals surface area contributed by atoms with Crippen molar-refractivity contribution < 1.29 is 19.7 Å². The molecule has 1 heterocycles. The number of nitrogens with zero attached hydrogens (tertiary/aromatic N) is 3. The predicted molar refractivity (Wildman–Crippen MR) is 52.1 cm³/mol. The Morgan fingerprint density at radius 3 is 2.88 bits per heavy atom. The van der Waals surface area contributed by atoms with Crippen molar-refractivity contribution in [3.63, 3.8) is 0 Å². The van der Waals surface area contributed by atoms with Crippen molar-refractivity contribution in [3.05, 3.63) is 18.2 Å². The van der Waals surface area contributed by atoms with E-state index in [-0.39, 0.29) is 0 Å². The van der Waals surface area contributed by atoms with E-state index < -0.39 is 18.6 Å². The molecule has 0 radical (unpaired) electrons. The van der Waals surface area contributed by atoms with Crippen LogP contribution in [-0.4, -0.2) is 38.0 Å². The number of hydrogen-bond donors (Lipinski definition) is 2. The Labute approximate surface area is 89.3 Å². The molecule has 7 heteroatoms. The monoisotopic (exact) mass is 221 g/mol. The third kappa shape index (κ3) is 2.14. The Balaban J connectivity index is 2.30. The minimum atomic E-state index is -1.06. The van der Waals surface area contributed by atoms with Gasteiger partial charge in [0.05, 0.1) is 5.52 Å². The van der Waals surface area contributed by atoms with Gasteiger partial charge in [-0.25, -0.2) is 4.79 Å². The van der Waals surface area contributed by atoms with Crippen molar-refractivity contribution in [1.82, 2.24) is 15.2 Å². The average Bonchev–Trinajstić information content (AvgIpc) is 2.26. The Kier molecular flexibility index (Phi) is 2.50. The first-order valence-corrected chi connectivity index (χ1v) is 4.33. The van der Waals surface area contributed by atoms with E-state index in [1.54, 1.807) is 12.1 Å². The summed E-state index contributed by atoms with van der Waals surface area (Å²) in [6.07, 6.45) is 0. The van der Waals surface area contributed by atoms with Gasteiger partial charge in [-0.1, -0.05) is 5.10 Å². The highest BCUT2D eigenvalue weighted by molar-refractivity contribution is 5.75. The molecule has 0 amide bonds. The smallest absolute Gasteiger partial charge is 0.341 e. The van der Waals surface area contributed by atoms with Crippen LogP contribution in [0.5, 0.6) is 11.8 Å². The van der Waals surface area contributed by atoms with Crippen LogP contribution in [0.25, 0.3) is 11.0 Å². The summed E-state index contributed by atoms with van der Waals surface area (Å²) in [7, 11) is 0. The molecule has 1 aromatic heterocycles. The van der Waals surface area contributed by atoms with Gasteiger partial charge in [-0.05, 0) is 12.1 Å². The van der Waals surface area contributed by atoms with Crippen LogP contribution in [0.2, 0.25) is 0 Å². The molecule has 0 saturated heterocycles. The second-order valence-electron chi connectivity index (χ2n) is 2.94. The van der Waals surface area contributed by atoms with Gasteiger partial charge in [0.2, 0.25) is 0 Å². The summed E-state index contributed by atoms with van der Waals surface area (Å²) in [4.78, 5) is 14.0. The Hall–Kier alpha value is -2.44. The van der Waals surface area contributed by atoms with Crippen LogP contribution in [0.15, 0.2) is 18.2 Å². The fourth-order valence-corrected chi connectivity index (χ4v) is 1.14. The van der Waals surface area contributed by atoms with E-state index in [9.17, 15) is 4.79 Å². The molecule has 16 heavy (non-hydrogen) atoms. The van der Waals surface area contributed by atoms with Gasteiger partial charge in [0.25, 0.3) is 0 Å². The molecule has 0 aliphatic rings. The van der Waals surface area contributed by atoms with Crippen molar-refractivity contribution in [2.24, 2.45) is 0 Å². The summed E-state index contributed by atoms with van der Waals surface area (Å²) in [6.45, 7) is -0.426. The number of rotatable bonds is 3. The van der Waals surface area contributed by atoms with E-state index in [2.05, 4.69) is 15.2 Å². The molecule has 2 aromatic rings. The quantitative estimate of drug-likeness (QED) is 0.762. The Bertz CT molecular complexity index is 543. The molecule has 2 rings (SSSR count). The van der Waals surface area contributed by atoms with Crippen molar-refractivity contribution in [3.8, 4) is 11.8 Å². The molecular weight excluding hydrogens is 214 g/mol. The van der Waals surface area contributed by atoms with Gasteiger partial charge >= 0.3 is 12.0 Å². The first-order valence-electron chi connectivity index (χ1n) is 4.33. The fraction of sp³-hybridized carbons (Fsp3) is 0.111. The lowest BCUT2D eigenvalue weighted by Gasteiger charge is -2.03. The molecular formula is C9H7N3O4. The van der Waals surface area contributed by atoms with Gasteiger partial charge < -0.3 is 14.9 Å². The van der Waals surface area contributed by atoms with Gasteiger partial charge in [0.1, 0.15) is 11.3 Å². The lowest BCUT2D eigenvalue weighted by molar-refractivity contribution is -0.139. The molecule has 0 fully saturated rings. The Morgan fingerprint density at radius 2 is 2.12 bits per heavy atom. The lowest BCUT2D eigenvalue weighted by Crippen LogP contribution is -2.09. The second-order valence-corrected chi connectivity index (χ2v) is 2.94. The number of fused-ring (bicyclic) bond motifs is 1.